The average Bonchev–Trinajstić information content (AvgIpc) is 3.99. The van der Waals surface area contributed by atoms with Crippen LogP contribution in [0.1, 0.15) is 40.5 Å². The number of carbonyl (C=O) groups is 5. The number of amides is 3. The number of fused-ring (bicyclic) bond motifs is 1. The third-order valence-corrected chi connectivity index (χ3v) is 13.3. The largest absolute Gasteiger partial charge is 0.461 e. The first kappa shape index (κ1) is 44.5. The van der Waals surface area contributed by atoms with Crippen molar-refractivity contribution in [3.8, 4) is 0 Å². The molecule has 330 valence electrons. The maximum atomic E-state index is 14.5. The molecule has 4 aromatic carbocycles. The fourth-order valence-corrected chi connectivity index (χ4v) is 9.87. The van der Waals surface area contributed by atoms with Crippen molar-refractivity contribution in [2.75, 3.05) is 16.8 Å². The molecule has 19 heteroatoms. The number of benzene rings is 4. The van der Waals surface area contributed by atoms with Crippen molar-refractivity contribution < 1.29 is 38.2 Å². The number of nitrogens with one attached hydrogen (secondary N) is 2. The number of thioether (sulfide) groups is 2. The summed E-state index contributed by atoms with van der Waals surface area (Å²) in [7, 11) is 1.70. The zero-order valence-corrected chi connectivity index (χ0v) is 37.1. The number of nitrogens with zero attached hydrogens (tertiary/aromatic N) is 6. The van der Waals surface area contributed by atoms with Gasteiger partial charge in [0.25, 0.3) is 11.8 Å². The van der Waals surface area contributed by atoms with Gasteiger partial charge in [0.1, 0.15) is 30.3 Å². The van der Waals surface area contributed by atoms with Crippen LogP contribution in [0.2, 0.25) is 0 Å². The molecule has 0 aliphatic carbocycles. The van der Waals surface area contributed by atoms with Gasteiger partial charge in [0.15, 0.2) is 11.2 Å². The number of aryl methyl sites for hydroxylation is 1. The molecule has 16 nitrogen and oxygen atoms in total. The van der Waals surface area contributed by atoms with E-state index < -0.39 is 47.4 Å². The fraction of sp³-hybridized carbons (Fsp3) is 0.196. The van der Waals surface area contributed by atoms with Crippen LogP contribution < -0.4 is 10.6 Å². The lowest BCUT2D eigenvalue weighted by Gasteiger charge is -2.50. The third-order valence-electron chi connectivity index (χ3n) is 10.1. The first-order valence-electron chi connectivity index (χ1n) is 20.2. The van der Waals surface area contributed by atoms with E-state index in [0.717, 1.165) is 33.6 Å². The quantitative estimate of drug-likeness (QED) is 0.0322. The molecule has 65 heavy (non-hydrogen) atoms. The number of hydrogen-bond acceptors (Lipinski definition) is 15. The molecule has 4 heterocycles. The van der Waals surface area contributed by atoms with Gasteiger partial charge < -0.3 is 19.5 Å². The van der Waals surface area contributed by atoms with Crippen LogP contribution in [0.4, 0.5) is 9.93 Å². The fourth-order valence-electron chi connectivity index (χ4n) is 6.84. The van der Waals surface area contributed by atoms with Gasteiger partial charge in [-0.1, -0.05) is 139 Å². The first-order valence-corrected chi connectivity index (χ1v) is 23.1. The van der Waals surface area contributed by atoms with Crippen LogP contribution in [0.15, 0.2) is 149 Å². The van der Waals surface area contributed by atoms with Gasteiger partial charge in [-0.25, -0.2) is 19.3 Å². The minimum atomic E-state index is -1.07. The molecule has 2 aromatic heterocycles. The monoisotopic (exact) mass is 928 g/mol. The van der Waals surface area contributed by atoms with E-state index >= 15 is 0 Å². The molecule has 2 atom stereocenters. The molecule has 0 bridgehead atoms. The zero-order valence-electron chi connectivity index (χ0n) is 34.6. The molecular weight excluding hydrogens is 889 g/mol. The Labute approximate surface area is 385 Å². The molecule has 8 rings (SSSR count). The van der Waals surface area contributed by atoms with Crippen LogP contribution in [-0.4, -0.2) is 82.9 Å². The maximum Gasteiger partial charge on any atom is 0.413 e. The van der Waals surface area contributed by atoms with E-state index in [-0.39, 0.29) is 47.5 Å². The van der Waals surface area contributed by atoms with Crippen LogP contribution >= 0.6 is 34.9 Å². The van der Waals surface area contributed by atoms with E-state index in [1.54, 1.807) is 12.4 Å². The molecule has 2 N–H and O–H groups in total. The van der Waals surface area contributed by atoms with Gasteiger partial charge in [-0.2, -0.15) is 0 Å². The Morgan fingerprint density at radius 3 is 2.09 bits per heavy atom. The maximum absolute atomic E-state index is 14.5. The average molecular weight is 929 g/mol. The summed E-state index contributed by atoms with van der Waals surface area (Å²) in [6, 6.07) is 35.9. The highest BCUT2D eigenvalue weighted by molar-refractivity contribution is 8.01. The highest BCUT2D eigenvalue weighted by atomic mass is 32.2. The molecule has 3 amide bonds. The van der Waals surface area contributed by atoms with Crippen molar-refractivity contribution in [2.45, 2.75) is 42.3 Å². The number of rotatable bonds is 17. The van der Waals surface area contributed by atoms with Crippen LogP contribution in [0.3, 0.4) is 0 Å². The van der Waals surface area contributed by atoms with E-state index in [1.807, 2.05) is 121 Å². The van der Waals surface area contributed by atoms with Gasteiger partial charge in [0.2, 0.25) is 5.16 Å². The normalized spacial score (nSPS) is 15.8. The molecule has 0 spiro atoms. The summed E-state index contributed by atoms with van der Waals surface area (Å²) < 4.78 is 18.6. The summed E-state index contributed by atoms with van der Waals surface area (Å²) in [6.07, 6.45) is -0.472. The van der Waals surface area contributed by atoms with E-state index in [0.29, 0.717) is 16.5 Å². The molecule has 6 aromatic rings. The van der Waals surface area contributed by atoms with Gasteiger partial charge in [-0.3, -0.25) is 24.6 Å². The van der Waals surface area contributed by atoms with E-state index in [1.165, 1.54) is 39.2 Å². The number of β-lactam (4-membered cyclic amide) rings is 1. The smallest absolute Gasteiger partial charge is 0.413 e. The van der Waals surface area contributed by atoms with Crippen molar-refractivity contribution in [2.24, 2.45) is 7.05 Å². The van der Waals surface area contributed by atoms with E-state index in [4.69, 9.17) is 14.2 Å². The number of esters is 2. The number of aromatic nitrogens is 5. The SMILES string of the molecule is Cn1nnnc1SCC1=C(C(=O)OC(c2ccccc2)c2ccccc2)N2C(=O)C(NC(=O)C(=CCC(=O)OCc3ccccc3)c3csc(NC(=O)OCc4ccccc4)n3)[C@@H]2SC1. The summed E-state index contributed by atoms with van der Waals surface area (Å²) in [4.78, 5) is 74.5. The number of hydrogen-bond donors (Lipinski definition) is 2. The molecule has 0 saturated carbocycles. The standard InChI is InChI=1S/C46H40N8O8S3/c1-53-45(50-51-52-53)65-27-33-26-63-42-37(41(57)54(42)38(33)43(58)62-39(31-18-10-4-11-19-31)32-20-12-5-13-21-32)48-40(56)34(22-23-36(55)60-24-29-14-6-2-7-15-29)35-28-64-44(47-35)49-46(59)61-25-30-16-8-3-9-17-30/h2-22,28,37,39,42H,23-27H2,1H3,(H,48,56)(H,47,49,59)/t37?,42-/m0/s1. The number of anilines is 1. The lowest BCUT2D eigenvalue weighted by molar-refractivity contribution is -0.154. The second-order valence-electron chi connectivity index (χ2n) is 14.5. The minimum Gasteiger partial charge on any atom is -0.461 e. The van der Waals surface area contributed by atoms with Crippen molar-refractivity contribution in [3.05, 3.63) is 172 Å². The third kappa shape index (κ3) is 11.0. The van der Waals surface area contributed by atoms with Gasteiger partial charge in [-0.05, 0) is 38.3 Å². The van der Waals surface area contributed by atoms with Crippen LogP contribution in [0.5, 0.6) is 0 Å². The first-order chi connectivity index (χ1) is 31.7. The van der Waals surface area contributed by atoms with Crippen LogP contribution in [-0.2, 0) is 53.7 Å². The van der Waals surface area contributed by atoms with Crippen molar-refractivity contribution in [1.82, 2.24) is 35.4 Å². The Kier molecular flexibility index (Phi) is 14.4. The number of thiazole rings is 1. The Bertz CT molecular complexity index is 2680. The molecule has 2 aliphatic rings. The molecule has 1 saturated heterocycles. The highest BCUT2D eigenvalue weighted by Crippen LogP contribution is 2.43. The topological polar surface area (TPSA) is 197 Å². The molecule has 0 radical (unpaired) electrons. The Balaban J connectivity index is 1.02. The van der Waals surface area contributed by atoms with E-state index in [9.17, 15) is 24.0 Å². The molecular formula is C46H40N8O8S3. The van der Waals surface area contributed by atoms with Crippen molar-refractivity contribution in [3.63, 3.8) is 0 Å². The van der Waals surface area contributed by atoms with E-state index in [2.05, 4.69) is 31.1 Å². The predicted molar refractivity (Wildman–Crippen MR) is 244 cm³/mol. The second-order valence-corrected chi connectivity index (χ2v) is 17.4. The molecule has 2 aliphatic heterocycles. The summed E-state index contributed by atoms with van der Waals surface area (Å²) in [6.45, 7) is 0.0613. The zero-order chi connectivity index (χ0) is 45.1. The lowest BCUT2D eigenvalue weighted by Crippen LogP contribution is -2.70. The molecule has 1 fully saturated rings. The van der Waals surface area contributed by atoms with Gasteiger partial charge in [-0.15, -0.1) is 28.2 Å². The number of ether oxygens (including phenoxy) is 3. The summed E-state index contributed by atoms with van der Waals surface area (Å²) in [5, 5.41) is 18.6. The summed E-state index contributed by atoms with van der Waals surface area (Å²) >= 11 is 3.73. The Morgan fingerprint density at radius 2 is 1.48 bits per heavy atom. The van der Waals surface area contributed by atoms with Gasteiger partial charge in [0.05, 0.1) is 17.7 Å². The predicted octanol–water partition coefficient (Wildman–Crippen LogP) is 6.71. The van der Waals surface area contributed by atoms with Gasteiger partial charge >= 0.3 is 18.0 Å². The van der Waals surface area contributed by atoms with Crippen molar-refractivity contribution >= 4 is 75.4 Å². The number of tetrazole rings is 1. The highest BCUT2D eigenvalue weighted by Gasteiger charge is 2.55. The second kappa shape index (κ2) is 21.1. The number of carbonyl (C=O) groups excluding carboxylic acids is 5. The van der Waals surface area contributed by atoms with Crippen LogP contribution in [0, 0.1) is 0 Å². The van der Waals surface area contributed by atoms with Gasteiger partial charge in [0, 0.05) is 23.9 Å². The molecule has 1 unspecified atom stereocenters. The van der Waals surface area contributed by atoms with Crippen LogP contribution in [0.25, 0.3) is 5.57 Å². The lowest BCUT2D eigenvalue weighted by atomic mass is 10.0. The van der Waals surface area contributed by atoms with Crippen molar-refractivity contribution in [1.29, 1.82) is 0 Å². The summed E-state index contributed by atoms with van der Waals surface area (Å²) in [5.74, 6) is -1.97. The summed E-state index contributed by atoms with van der Waals surface area (Å²) in [5.41, 5.74) is 3.87. The minimum absolute atomic E-state index is 0.0297. The Morgan fingerprint density at radius 1 is 0.862 bits per heavy atom. The Hall–Kier alpha value is -7.09.